The molecule has 3 heteroatoms. The summed E-state index contributed by atoms with van der Waals surface area (Å²) >= 11 is 1.77. The van der Waals surface area contributed by atoms with Gasteiger partial charge in [0.25, 0.3) is 0 Å². The fraction of sp³-hybridized carbons (Fsp3) is 0.600. The van der Waals surface area contributed by atoms with Crippen LogP contribution in [0.1, 0.15) is 44.1 Å². The Morgan fingerprint density at radius 2 is 2.22 bits per heavy atom. The quantitative estimate of drug-likeness (QED) is 0.799. The zero-order valence-corrected chi connectivity index (χ0v) is 12.4. The number of hydrogen-bond acceptors (Lipinski definition) is 3. The highest BCUT2D eigenvalue weighted by atomic mass is 32.1. The van der Waals surface area contributed by atoms with Gasteiger partial charge < -0.3 is 5.11 Å². The van der Waals surface area contributed by atoms with Crippen molar-refractivity contribution in [2.75, 3.05) is 13.2 Å². The fourth-order valence-electron chi connectivity index (χ4n) is 1.78. The van der Waals surface area contributed by atoms with Crippen molar-refractivity contribution in [3.63, 3.8) is 0 Å². The third kappa shape index (κ3) is 4.81. The van der Waals surface area contributed by atoms with Crippen LogP contribution in [0.2, 0.25) is 0 Å². The SMILES string of the molecule is CCCN(Cc1sccc1C#CCCO)C(C)C. The second-order valence-corrected chi connectivity index (χ2v) is 5.60. The van der Waals surface area contributed by atoms with Crippen LogP contribution < -0.4 is 0 Å². The Labute approximate surface area is 115 Å². The predicted molar refractivity (Wildman–Crippen MR) is 78.7 cm³/mol. The molecule has 100 valence electrons. The van der Waals surface area contributed by atoms with Crippen molar-refractivity contribution in [2.45, 2.75) is 46.2 Å². The van der Waals surface area contributed by atoms with Crippen molar-refractivity contribution in [1.82, 2.24) is 4.90 Å². The summed E-state index contributed by atoms with van der Waals surface area (Å²) in [5.74, 6) is 6.15. The lowest BCUT2D eigenvalue weighted by Gasteiger charge is -2.25. The highest BCUT2D eigenvalue weighted by Gasteiger charge is 2.11. The van der Waals surface area contributed by atoms with Gasteiger partial charge in [-0.15, -0.1) is 11.3 Å². The van der Waals surface area contributed by atoms with Gasteiger partial charge >= 0.3 is 0 Å². The second kappa shape index (κ2) is 8.31. The maximum atomic E-state index is 8.74. The number of rotatable bonds is 6. The largest absolute Gasteiger partial charge is 0.395 e. The summed E-state index contributed by atoms with van der Waals surface area (Å²) in [5.41, 5.74) is 1.12. The first kappa shape index (κ1) is 15.2. The number of nitrogens with zero attached hydrogens (tertiary/aromatic N) is 1. The average Bonchev–Trinajstić information content (AvgIpc) is 2.76. The molecule has 1 aromatic rings. The Hall–Kier alpha value is -0.820. The van der Waals surface area contributed by atoms with Gasteiger partial charge in [0.1, 0.15) is 0 Å². The maximum absolute atomic E-state index is 8.74. The van der Waals surface area contributed by atoms with Gasteiger partial charge in [-0.1, -0.05) is 18.8 Å². The van der Waals surface area contributed by atoms with Gasteiger partial charge in [0, 0.05) is 29.4 Å². The molecule has 0 spiro atoms. The third-order valence-electron chi connectivity index (χ3n) is 2.79. The molecule has 1 N–H and O–H groups in total. The molecule has 1 aromatic heterocycles. The van der Waals surface area contributed by atoms with Gasteiger partial charge in [-0.05, 0) is 38.3 Å². The van der Waals surface area contributed by atoms with Crippen LogP contribution in [0.3, 0.4) is 0 Å². The Morgan fingerprint density at radius 1 is 1.44 bits per heavy atom. The Morgan fingerprint density at radius 3 is 2.83 bits per heavy atom. The summed E-state index contributed by atoms with van der Waals surface area (Å²) in [6, 6.07) is 2.64. The van der Waals surface area contributed by atoms with E-state index in [1.807, 2.05) is 0 Å². The lowest BCUT2D eigenvalue weighted by molar-refractivity contribution is 0.215. The topological polar surface area (TPSA) is 23.5 Å². The molecule has 0 aromatic carbocycles. The van der Waals surface area contributed by atoms with Crippen molar-refractivity contribution in [2.24, 2.45) is 0 Å². The predicted octanol–water partition coefficient (Wildman–Crippen LogP) is 3.10. The molecule has 0 fully saturated rings. The number of hydrogen-bond donors (Lipinski definition) is 1. The van der Waals surface area contributed by atoms with Crippen molar-refractivity contribution in [3.8, 4) is 11.8 Å². The molecule has 1 rings (SSSR count). The molecule has 0 saturated heterocycles. The maximum Gasteiger partial charge on any atom is 0.0540 e. The summed E-state index contributed by atoms with van der Waals surface area (Å²) in [7, 11) is 0. The first-order valence-electron chi connectivity index (χ1n) is 6.59. The van der Waals surface area contributed by atoms with Crippen LogP contribution >= 0.6 is 11.3 Å². The van der Waals surface area contributed by atoms with Crippen LogP contribution in [-0.4, -0.2) is 29.2 Å². The molecular formula is C15H23NOS. The van der Waals surface area contributed by atoms with E-state index >= 15 is 0 Å². The lowest BCUT2D eigenvalue weighted by Crippen LogP contribution is -2.30. The Balaban J connectivity index is 2.72. The fourth-order valence-corrected chi connectivity index (χ4v) is 2.63. The third-order valence-corrected chi connectivity index (χ3v) is 3.70. The molecule has 0 aliphatic heterocycles. The molecule has 0 aliphatic carbocycles. The molecule has 0 bridgehead atoms. The average molecular weight is 265 g/mol. The lowest BCUT2D eigenvalue weighted by atomic mass is 10.2. The summed E-state index contributed by atoms with van der Waals surface area (Å²) in [5, 5.41) is 10.8. The second-order valence-electron chi connectivity index (χ2n) is 4.60. The van der Waals surface area contributed by atoms with Crippen LogP contribution in [0.5, 0.6) is 0 Å². The van der Waals surface area contributed by atoms with E-state index in [4.69, 9.17) is 5.11 Å². The molecule has 0 radical (unpaired) electrons. The minimum atomic E-state index is 0.139. The van der Waals surface area contributed by atoms with Crippen molar-refractivity contribution in [1.29, 1.82) is 0 Å². The minimum Gasteiger partial charge on any atom is -0.395 e. The molecule has 1 heterocycles. The first-order chi connectivity index (χ1) is 8.69. The standard InChI is InChI=1S/C15H23NOS/c1-4-9-16(13(2)3)12-15-14(8-11-18-15)7-5-6-10-17/h8,11,13,17H,4,6,9-10,12H2,1-3H3. The summed E-state index contributed by atoms with van der Waals surface area (Å²) in [4.78, 5) is 3.81. The highest BCUT2D eigenvalue weighted by molar-refractivity contribution is 7.10. The van der Waals surface area contributed by atoms with Gasteiger partial charge in [-0.2, -0.15) is 0 Å². The van der Waals surface area contributed by atoms with E-state index in [1.165, 1.54) is 11.3 Å². The van der Waals surface area contributed by atoms with Gasteiger partial charge in [0.05, 0.1) is 6.61 Å². The zero-order chi connectivity index (χ0) is 13.4. The molecule has 18 heavy (non-hydrogen) atoms. The van der Waals surface area contributed by atoms with Crippen LogP contribution in [0.15, 0.2) is 11.4 Å². The van der Waals surface area contributed by atoms with Crippen molar-refractivity contribution >= 4 is 11.3 Å². The summed E-state index contributed by atoms with van der Waals surface area (Å²) in [6.45, 7) is 8.93. The van der Waals surface area contributed by atoms with E-state index in [9.17, 15) is 0 Å². The first-order valence-corrected chi connectivity index (χ1v) is 7.47. The monoisotopic (exact) mass is 265 g/mol. The molecule has 0 aliphatic rings. The molecule has 2 nitrogen and oxygen atoms in total. The van der Waals surface area contributed by atoms with E-state index in [0.29, 0.717) is 12.5 Å². The summed E-state index contributed by atoms with van der Waals surface area (Å²) in [6.07, 6.45) is 1.73. The molecular weight excluding hydrogens is 242 g/mol. The smallest absolute Gasteiger partial charge is 0.0540 e. The van der Waals surface area contributed by atoms with Crippen LogP contribution in [0.4, 0.5) is 0 Å². The molecule has 0 amide bonds. The van der Waals surface area contributed by atoms with Crippen LogP contribution in [-0.2, 0) is 6.54 Å². The minimum absolute atomic E-state index is 0.139. The van der Waals surface area contributed by atoms with E-state index < -0.39 is 0 Å². The Kier molecular flexibility index (Phi) is 7.04. The molecule has 0 saturated carbocycles. The van der Waals surface area contributed by atoms with E-state index in [-0.39, 0.29) is 6.61 Å². The van der Waals surface area contributed by atoms with Crippen molar-refractivity contribution < 1.29 is 5.11 Å². The molecule has 0 atom stereocenters. The number of thiophene rings is 1. The number of aliphatic hydroxyl groups excluding tert-OH is 1. The molecule has 0 unspecified atom stereocenters. The normalized spacial score (nSPS) is 10.8. The number of aliphatic hydroxyl groups is 1. The van der Waals surface area contributed by atoms with Gasteiger partial charge in [-0.25, -0.2) is 0 Å². The van der Waals surface area contributed by atoms with Crippen molar-refractivity contribution in [3.05, 3.63) is 21.9 Å². The zero-order valence-electron chi connectivity index (χ0n) is 11.6. The van der Waals surface area contributed by atoms with Crippen LogP contribution in [0, 0.1) is 11.8 Å². The van der Waals surface area contributed by atoms with E-state index in [0.717, 1.165) is 18.7 Å². The summed E-state index contributed by atoms with van der Waals surface area (Å²) < 4.78 is 0. The van der Waals surface area contributed by atoms with E-state index in [2.05, 4.69) is 49.0 Å². The van der Waals surface area contributed by atoms with Crippen LogP contribution in [0.25, 0.3) is 0 Å². The van der Waals surface area contributed by atoms with Gasteiger partial charge in [-0.3, -0.25) is 4.90 Å². The van der Waals surface area contributed by atoms with E-state index in [1.54, 1.807) is 11.3 Å². The van der Waals surface area contributed by atoms with Gasteiger partial charge in [0.2, 0.25) is 0 Å². The Bertz CT molecular complexity index is 400. The van der Waals surface area contributed by atoms with Gasteiger partial charge in [0.15, 0.2) is 0 Å². The highest BCUT2D eigenvalue weighted by Crippen LogP contribution is 2.19.